The van der Waals surface area contributed by atoms with Crippen LogP contribution in [0.2, 0.25) is 0 Å². The van der Waals surface area contributed by atoms with Crippen molar-refractivity contribution < 1.29 is 4.39 Å². The van der Waals surface area contributed by atoms with Crippen molar-refractivity contribution in [3.63, 3.8) is 0 Å². The lowest BCUT2D eigenvalue weighted by Crippen LogP contribution is -2.12. The Morgan fingerprint density at radius 1 is 1.25 bits per heavy atom. The van der Waals surface area contributed by atoms with E-state index in [4.69, 9.17) is 5.73 Å². The summed E-state index contributed by atoms with van der Waals surface area (Å²) in [6, 6.07) is 6.42. The summed E-state index contributed by atoms with van der Waals surface area (Å²) in [5.74, 6) is -0.214. The maximum absolute atomic E-state index is 12.7. The highest BCUT2D eigenvalue weighted by molar-refractivity contribution is 9.10. The molecule has 2 aromatic rings. The van der Waals surface area contributed by atoms with Gasteiger partial charge in [-0.1, -0.05) is 12.1 Å². The van der Waals surface area contributed by atoms with Gasteiger partial charge in [0.15, 0.2) is 0 Å². The molecule has 1 unspecified atom stereocenters. The van der Waals surface area contributed by atoms with Crippen LogP contribution in [0.15, 0.2) is 39.5 Å². The molecule has 16 heavy (non-hydrogen) atoms. The van der Waals surface area contributed by atoms with Crippen LogP contribution in [-0.4, -0.2) is 0 Å². The Kier molecular flexibility index (Phi) is 3.74. The molecule has 1 heterocycles. The molecule has 0 aliphatic heterocycles. The molecular formula is C12H11BrFNS. The van der Waals surface area contributed by atoms with E-state index in [-0.39, 0.29) is 11.9 Å². The molecule has 84 valence electrons. The monoisotopic (exact) mass is 299 g/mol. The Bertz CT molecular complexity index is 466. The average molecular weight is 300 g/mol. The van der Waals surface area contributed by atoms with Gasteiger partial charge in [-0.25, -0.2) is 4.39 Å². The fourth-order valence-corrected chi connectivity index (χ4v) is 3.20. The molecule has 0 saturated heterocycles. The zero-order chi connectivity index (χ0) is 11.5. The van der Waals surface area contributed by atoms with Crippen molar-refractivity contribution in [3.05, 3.63) is 56.4 Å². The van der Waals surface area contributed by atoms with Crippen molar-refractivity contribution in [1.82, 2.24) is 0 Å². The Morgan fingerprint density at radius 3 is 2.50 bits per heavy atom. The van der Waals surface area contributed by atoms with Gasteiger partial charge in [0.2, 0.25) is 0 Å². The molecule has 1 aromatic heterocycles. The lowest BCUT2D eigenvalue weighted by atomic mass is 10.0. The molecule has 0 amide bonds. The fourth-order valence-electron chi connectivity index (χ4n) is 1.54. The molecule has 2 rings (SSSR count). The van der Waals surface area contributed by atoms with Crippen molar-refractivity contribution in [2.24, 2.45) is 5.73 Å². The van der Waals surface area contributed by atoms with Gasteiger partial charge in [-0.15, -0.1) is 0 Å². The van der Waals surface area contributed by atoms with E-state index < -0.39 is 0 Å². The van der Waals surface area contributed by atoms with Crippen molar-refractivity contribution in [1.29, 1.82) is 0 Å². The second-order valence-electron chi connectivity index (χ2n) is 3.61. The van der Waals surface area contributed by atoms with E-state index in [2.05, 4.69) is 15.9 Å². The van der Waals surface area contributed by atoms with E-state index in [9.17, 15) is 4.39 Å². The number of nitrogens with two attached hydrogens (primary N) is 1. The molecular weight excluding hydrogens is 289 g/mol. The third-order valence-corrected chi connectivity index (χ3v) is 4.16. The van der Waals surface area contributed by atoms with Crippen LogP contribution in [0.3, 0.4) is 0 Å². The molecule has 1 atom stereocenters. The summed E-state index contributed by atoms with van der Waals surface area (Å²) in [7, 11) is 0. The van der Waals surface area contributed by atoms with Crippen molar-refractivity contribution in [2.45, 2.75) is 12.5 Å². The third-order valence-electron chi connectivity index (χ3n) is 2.41. The first-order valence-corrected chi connectivity index (χ1v) is 6.62. The van der Waals surface area contributed by atoms with Gasteiger partial charge in [0.25, 0.3) is 0 Å². The standard InChI is InChI=1S/C12H11BrFNS/c13-11-7-16-6-10(11)12(15)5-8-1-3-9(14)4-2-8/h1-4,6-7,12H,5,15H2. The Balaban J connectivity index is 2.10. The van der Waals surface area contributed by atoms with E-state index in [1.165, 1.54) is 12.1 Å². The predicted octanol–water partition coefficient (Wildman–Crippen LogP) is 3.89. The molecule has 0 spiro atoms. The average Bonchev–Trinajstić information content (AvgIpc) is 2.68. The predicted molar refractivity (Wildman–Crippen MR) is 69.1 cm³/mol. The second kappa shape index (κ2) is 5.08. The number of hydrogen-bond donors (Lipinski definition) is 1. The van der Waals surface area contributed by atoms with E-state index in [0.29, 0.717) is 0 Å². The topological polar surface area (TPSA) is 26.0 Å². The van der Waals surface area contributed by atoms with E-state index in [1.807, 2.05) is 10.8 Å². The molecule has 0 saturated carbocycles. The van der Waals surface area contributed by atoms with Gasteiger partial charge in [-0.2, -0.15) is 11.3 Å². The summed E-state index contributed by atoms with van der Waals surface area (Å²) in [5.41, 5.74) is 8.25. The minimum atomic E-state index is -0.214. The largest absolute Gasteiger partial charge is 0.324 e. The number of benzene rings is 1. The minimum absolute atomic E-state index is 0.0499. The van der Waals surface area contributed by atoms with Crippen LogP contribution in [0.1, 0.15) is 17.2 Å². The maximum atomic E-state index is 12.7. The number of hydrogen-bond acceptors (Lipinski definition) is 2. The highest BCUT2D eigenvalue weighted by atomic mass is 79.9. The van der Waals surface area contributed by atoms with Crippen LogP contribution in [0.5, 0.6) is 0 Å². The second-order valence-corrected chi connectivity index (χ2v) is 5.21. The zero-order valence-corrected chi connectivity index (χ0v) is 10.9. The van der Waals surface area contributed by atoms with E-state index in [0.717, 1.165) is 22.0 Å². The van der Waals surface area contributed by atoms with E-state index >= 15 is 0 Å². The molecule has 0 aliphatic rings. The molecule has 0 aliphatic carbocycles. The molecule has 4 heteroatoms. The molecule has 2 N–H and O–H groups in total. The normalized spacial score (nSPS) is 12.7. The van der Waals surface area contributed by atoms with Gasteiger partial charge < -0.3 is 5.73 Å². The molecule has 0 bridgehead atoms. The van der Waals surface area contributed by atoms with Gasteiger partial charge in [-0.05, 0) is 51.0 Å². The van der Waals surface area contributed by atoms with Gasteiger partial charge in [-0.3, -0.25) is 0 Å². The molecule has 0 radical (unpaired) electrons. The van der Waals surface area contributed by atoms with Gasteiger partial charge >= 0.3 is 0 Å². The SMILES string of the molecule is NC(Cc1ccc(F)cc1)c1cscc1Br. The smallest absolute Gasteiger partial charge is 0.123 e. The minimum Gasteiger partial charge on any atom is -0.324 e. The highest BCUT2D eigenvalue weighted by Crippen LogP contribution is 2.27. The lowest BCUT2D eigenvalue weighted by Gasteiger charge is -2.10. The van der Waals surface area contributed by atoms with Crippen molar-refractivity contribution in [2.75, 3.05) is 0 Å². The van der Waals surface area contributed by atoms with Crippen LogP contribution in [0.25, 0.3) is 0 Å². The van der Waals surface area contributed by atoms with Gasteiger partial charge in [0, 0.05) is 15.9 Å². The molecule has 0 fully saturated rings. The summed E-state index contributed by atoms with van der Waals surface area (Å²) in [5, 5.41) is 4.05. The van der Waals surface area contributed by atoms with E-state index in [1.54, 1.807) is 23.5 Å². The first kappa shape index (κ1) is 11.8. The summed E-state index contributed by atoms with van der Waals surface area (Å²) in [6.45, 7) is 0. The van der Waals surface area contributed by atoms with Crippen LogP contribution >= 0.6 is 27.3 Å². The zero-order valence-electron chi connectivity index (χ0n) is 8.49. The van der Waals surface area contributed by atoms with Gasteiger partial charge in [0.1, 0.15) is 5.82 Å². The molecule has 1 nitrogen and oxygen atoms in total. The highest BCUT2D eigenvalue weighted by Gasteiger charge is 2.11. The Labute approximate surface area is 106 Å². The lowest BCUT2D eigenvalue weighted by molar-refractivity contribution is 0.625. The summed E-state index contributed by atoms with van der Waals surface area (Å²) in [6.07, 6.45) is 0.718. The number of thiophene rings is 1. The van der Waals surface area contributed by atoms with Crippen LogP contribution < -0.4 is 5.73 Å². The third kappa shape index (κ3) is 2.70. The fraction of sp³-hybridized carbons (Fsp3) is 0.167. The quantitative estimate of drug-likeness (QED) is 0.914. The number of halogens is 2. The van der Waals surface area contributed by atoms with Crippen LogP contribution in [0.4, 0.5) is 4.39 Å². The number of rotatable bonds is 3. The molecule has 1 aromatic carbocycles. The van der Waals surface area contributed by atoms with Crippen molar-refractivity contribution in [3.8, 4) is 0 Å². The van der Waals surface area contributed by atoms with Crippen molar-refractivity contribution >= 4 is 27.3 Å². The summed E-state index contributed by atoms with van der Waals surface area (Å²) >= 11 is 5.08. The maximum Gasteiger partial charge on any atom is 0.123 e. The summed E-state index contributed by atoms with van der Waals surface area (Å²) in [4.78, 5) is 0. The van der Waals surface area contributed by atoms with Crippen LogP contribution in [-0.2, 0) is 6.42 Å². The van der Waals surface area contributed by atoms with Gasteiger partial charge in [0.05, 0.1) is 0 Å². The summed E-state index contributed by atoms with van der Waals surface area (Å²) < 4.78 is 13.8. The van der Waals surface area contributed by atoms with Crippen LogP contribution in [0, 0.1) is 5.82 Å². The first-order chi connectivity index (χ1) is 7.66. The Hall–Kier alpha value is -0.710. The first-order valence-electron chi connectivity index (χ1n) is 4.88. The Morgan fingerprint density at radius 2 is 1.94 bits per heavy atom.